The van der Waals surface area contributed by atoms with Crippen LogP contribution in [0.4, 0.5) is 0 Å². The second-order valence-corrected chi connectivity index (χ2v) is 5.96. The van der Waals surface area contributed by atoms with Crippen molar-refractivity contribution >= 4 is 23.2 Å². The van der Waals surface area contributed by atoms with E-state index in [1.165, 1.54) is 11.3 Å². The zero-order valence-electron chi connectivity index (χ0n) is 11.2. The first-order valence-electron chi connectivity index (χ1n) is 6.80. The third-order valence-electron chi connectivity index (χ3n) is 3.63. The predicted molar refractivity (Wildman–Crippen MR) is 75.5 cm³/mol. The lowest BCUT2D eigenvalue weighted by molar-refractivity contribution is -0.141. The van der Waals surface area contributed by atoms with Crippen molar-refractivity contribution in [2.45, 2.75) is 44.7 Å². The second kappa shape index (κ2) is 6.81. The van der Waals surface area contributed by atoms with Crippen molar-refractivity contribution in [3.05, 3.63) is 16.1 Å². The highest BCUT2D eigenvalue weighted by molar-refractivity contribution is 7.09. The zero-order valence-corrected chi connectivity index (χ0v) is 12.0. The number of rotatable bonds is 5. The number of carboxylic acids is 1. The molecule has 0 radical (unpaired) electrons. The molecular formula is C13H19N3O3S. The maximum absolute atomic E-state index is 12.1. The highest BCUT2D eigenvalue weighted by atomic mass is 32.1. The van der Waals surface area contributed by atoms with Crippen LogP contribution in [0.2, 0.25) is 0 Å². The van der Waals surface area contributed by atoms with Gasteiger partial charge in [0.15, 0.2) is 0 Å². The number of hydrogen-bond acceptors (Lipinski definition) is 5. The van der Waals surface area contributed by atoms with Crippen LogP contribution in [-0.2, 0) is 11.3 Å². The molecule has 1 aliphatic carbocycles. The van der Waals surface area contributed by atoms with E-state index < -0.39 is 17.9 Å². The molecule has 110 valence electrons. The number of carboxylic acid groups (broad SMARTS) is 1. The average molecular weight is 297 g/mol. The Morgan fingerprint density at radius 2 is 2.15 bits per heavy atom. The number of nitrogens with two attached hydrogens (primary N) is 1. The molecule has 7 heteroatoms. The van der Waals surface area contributed by atoms with Gasteiger partial charge in [0.2, 0.25) is 0 Å². The van der Waals surface area contributed by atoms with Gasteiger partial charge in [-0.2, -0.15) is 0 Å². The molecule has 0 saturated heterocycles. The van der Waals surface area contributed by atoms with Crippen molar-refractivity contribution in [1.82, 2.24) is 10.3 Å². The number of thiazole rings is 1. The standard InChI is InChI=1S/C13H19N3O3S/c14-6-10-15-9(7-20-10)12(17)16-11(13(18)19)8-4-2-1-3-5-8/h7-8,11H,1-6,14H2,(H,16,17)(H,18,19). The molecule has 1 aliphatic rings. The van der Waals surface area contributed by atoms with Crippen LogP contribution in [0, 0.1) is 5.92 Å². The van der Waals surface area contributed by atoms with Gasteiger partial charge >= 0.3 is 5.97 Å². The summed E-state index contributed by atoms with van der Waals surface area (Å²) >= 11 is 1.30. The SMILES string of the molecule is NCc1nc(C(=O)NC(C(=O)O)C2CCCCC2)cs1. The summed E-state index contributed by atoms with van der Waals surface area (Å²) in [6, 6.07) is -0.828. The first-order chi connectivity index (χ1) is 9.61. The minimum Gasteiger partial charge on any atom is -0.480 e. The molecule has 1 aromatic heterocycles. The van der Waals surface area contributed by atoms with Crippen LogP contribution in [0.5, 0.6) is 0 Å². The average Bonchev–Trinajstić information content (AvgIpc) is 2.94. The van der Waals surface area contributed by atoms with Crippen LogP contribution in [0.15, 0.2) is 5.38 Å². The Morgan fingerprint density at radius 3 is 2.70 bits per heavy atom. The van der Waals surface area contributed by atoms with Gasteiger partial charge in [-0.25, -0.2) is 9.78 Å². The number of carbonyl (C=O) groups is 2. The molecule has 0 spiro atoms. The van der Waals surface area contributed by atoms with Crippen molar-refractivity contribution in [2.24, 2.45) is 11.7 Å². The zero-order chi connectivity index (χ0) is 14.5. The molecule has 1 atom stereocenters. The minimum absolute atomic E-state index is 0.0119. The fourth-order valence-electron chi connectivity index (χ4n) is 2.57. The van der Waals surface area contributed by atoms with E-state index in [1.807, 2.05) is 0 Å². The summed E-state index contributed by atoms with van der Waals surface area (Å²) in [6.07, 6.45) is 4.89. The topological polar surface area (TPSA) is 105 Å². The van der Waals surface area contributed by atoms with Gasteiger partial charge in [-0.1, -0.05) is 19.3 Å². The lowest BCUT2D eigenvalue weighted by Gasteiger charge is -2.27. The van der Waals surface area contributed by atoms with Gasteiger partial charge in [-0.3, -0.25) is 4.79 Å². The van der Waals surface area contributed by atoms with Crippen LogP contribution in [0.25, 0.3) is 0 Å². The molecular weight excluding hydrogens is 278 g/mol. The highest BCUT2D eigenvalue weighted by Crippen LogP contribution is 2.26. The Hall–Kier alpha value is -1.47. The van der Waals surface area contributed by atoms with Crippen LogP contribution < -0.4 is 11.1 Å². The molecule has 6 nitrogen and oxygen atoms in total. The van der Waals surface area contributed by atoms with Crippen LogP contribution >= 0.6 is 11.3 Å². The summed E-state index contributed by atoms with van der Waals surface area (Å²) in [5, 5.41) is 14.2. The first kappa shape index (κ1) is 14.9. The fourth-order valence-corrected chi connectivity index (χ4v) is 3.23. The lowest BCUT2D eigenvalue weighted by Crippen LogP contribution is -2.46. The van der Waals surface area contributed by atoms with Crippen molar-refractivity contribution < 1.29 is 14.7 Å². The second-order valence-electron chi connectivity index (χ2n) is 5.02. The van der Waals surface area contributed by atoms with Crippen molar-refractivity contribution in [1.29, 1.82) is 0 Å². The number of amides is 1. The van der Waals surface area contributed by atoms with E-state index in [4.69, 9.17) is 5.73 Å². The number of nitrogens with zero attached hydrogens (tertiary/aromatic N) is 1. The van der Waals surface area contributed by atoms with Crippen molar-refractivity contribution in [2.75, 3.05) is 0 Å². The van der Waals surface area contributed by atoms with Crippen LogP contribution in [0.1, 0.15) is 47.6 Å². The normalized spacial score (nSPS) is 17.6. The summed E-state index contributed by atoms with van der Waals surface area (Å²) in [5.74, 6) is -1.39. The number of carbonyl (C=O) groups excluding carboxylic acids is 1. The summed E-state index contributed by atoms with van der Waals surface area (Å²) in [6.45, 7) is 0.281. The summed E-state index contributed by atoms with van der Waals surface area (Å²) in [7, 11) is 0. The molecule has 20 heavy (non-hydrogen) atoms. The van der Waals surface area contributed by atoms with Gasteiger partial charge in [0.05, 0.1) is 0 Å². The van der Waals surface area contributed by atoms with Gasteiger partial charge in [0, 0.05) is 11.9 Å². The number of aliphatic carboxylic acids is 1. The Kier molecular flexibility index (Phi) is 5.08. The van der Waals surface area contributed by atoms with Gasteiger partial charge in [0.25, 0.3) is 5.91 Å². The Labute approximate surface area is 121 Å². The van der Waals surface area contributed by atoms with Crippen LogP contribution in [0.3, 0.4) is 0 Å². The largest absolute Gasteiger partial charge is 0.480 e. The molecule has 1 aromatic rings. The molecule has 1 saturated carbocycles. The fraction of sp³-hybridized carbons (Fsp3) is 0.615. The van der Waals surface area contributed by atoms with E-state index in [1.54, 1.807) is 5.38 Å². The number of aromatic nitrogens is 1. The van der Waals surface area contributed by atoms with E-state index in [-0.39, 0.29) is 18.2 Å². The van der Waals surface area contributed by atoms with E-state index in [0.29, 0.717) is 5.01 Å². The maximum Gasteiger partial charge on any atom is 0.326 e. The van der Waals surface area contributed by atoms with Crippen molar-refractivity contribution in [3.63, 3.8) is 0 Å². The van der Waals surface area contributed by atoms with E-state index in [2.05, 4.69) is 10.3 Å². The third kappa shape index (κ3) is 3.55. The molecule has 2 rings (SSSR count). The first-order valence-corrected chi connectivity index (χ1v) is 7.68. The molecule has 0 aromatic carbocycles. The Balaban J connectivity index is 2.03. The maximum atomic E-state index is 12.1. The molecule has 0 aliphatic heterocycles. The number of nitrogens with one attached hydrogen (secondary N) is 1. The minimum atomic E-state index is -0.973. The molecule has 4 N–H and O–H groups in total. The third-order valence-corrected chi connectivity index (χ3v) is 4.50. The molecule has 1 heterocycles. The van der Waals surface area contributed by atoms with E-state index in [0.717, 1.165) is 32.1 Å². The summed E-state index contributed by atoms with van der Waals surface area (Å²) in [5.41, 5.74) is 5.70. The molecule has 1 fully saturated rings. The molecule has 1 amide bonds. The van der Waals surface area contributed by atoms with Gasteiger partial charge in [0.1, 0.15) is 16.7 Å². The van der Waals surface area contributed by atoms with Crippen LogP contribution in [-0.4, -0.2) is 28.0 Å². The number of hydrogen-bond donors (Lipinski definition) is 3. The highest BCUT2D eigenvalue weighted by Gasteiger charge is 2.31. The van der Waals surface area contributed by atoms with Gasteiger partial charge < -0.3 is 16.2 Å². The lowest BCUT2D eigenvalue weighted by atomic mass is 9.84. The van der Waals surface area contributed by atoms with E-state index >= 15 is 0 Å². The van der Waals surface area contributed by atoms with Gasteiger partial charge in [-0.15, -0.1) is 11.3 Å². The Morgan fingerprint density at radius 1 is 1.45 bits per heavy atom. The van der Waals surface area contributed by atoms with Crippen molar-refractivity contribution in [3.8, 4) is 0 Å². The molecule has 1 unspecified atom stereocenters. The monoisotopic (exact) mass is 297 g/mol. The molecule has 0 bridgehead atoms. The predicted octanol–water partition coefficient (Wildman–Crippen LogP) is 1.37. The quantitative estimate of drug-likeness (QED) is 0.761. The Bertz CT molecular complexity index is 483. The summed E-state index contributed by atoms with van der Waals surface area (Å²) < 4.78 is 0. The van der Waals surface area contributed by atoms with Gasteiger partial charge in [-0.05, 0) is 18.8 Å². The smallest absolute Gasteiger partial charge is 0.326 e. The van der Waals surface area contributed by atoms with E-state index in [9.17, 15) is 14.7 Å². The summed E-state index contributed by atoms with van der Waals surface area (Å²) in [4.78, 5) is 27.5.